The van der Waals surface area contributed by atoms with Crippen LogP contribution in [-0.2, 0) is 9.47 Å². The van der Waals surface area contributed by atoms with E-state index in [9.17, 15) is 4.79 Å². The molecule has 0 N–H and O–H groups in total. The van der Waals surface area contributed by atoms with Gasteiger partial charge in [0.2, 0.25) is 6.10 Å². The van der Waals surface area contributed by atoms with Crippen molar-refractivity contribution in [2.45, 2.75) is 71.0 Å². The van der Waals surface area contributed by atoms with Crippen LogP contribution in [0.4, 0.5) is 4.79 Å². The van der Waals surface area contributed by atoms with Crippen molar-refractivity contribution in [1.82, 2.24) is 0 Å². The molecule has 26 heavy (non-hydrogen) atoms. The van der Waals surface area contributed by atoms with Crippen molar-refractivity contribution in [3.05, 3.63) is 36.1 Å². The summed E-state index contributed by atoms with van der Waals surface area (Å²) < 4.78 is 22.4. The van der Waals surface area contributed by atoms with E-state index >= 15 is 0 Å². The van der Waals surface area contributed by atoms with E-state index in [-0.39, 0.29) is 0 Å². The molecule has 1 saturated heterocycles. The first-order valence-corrected chi connectivity index (χ1v) is 9.50. The number of hydrogen-bond donors (Lipinski definition) is 0. The van der Waals surface area contributed by atoms with Gasteiger partial charge in [0.25, 0.3) is 0 Å². The van der Waals surface area contributed by atoms with Crippen molar-refractivity contribution >= 4 is 6.16 Å². The van der Waals surface area contributed by atoms with Crippen LogP contribution >= 0.6 is 0 Å². The zero-order chi connectivity index (χ0) is 19.0. The maximum atomic E-state index is 11.9. The molecule has 0 unspecified atom stereocenters. The summed E-state index contributed by atoms with van der Waals surface area (Å²) in [6, 6.07) is 7.37. The Kier molecular flexibility index (Phi) is 7.37. The topological polar surface area (TPSA) is 54.0 Å². The Balaban J connectivity index is 2.25. The van der Waals surface area contributed by atoms with Crippen LogP contribution in [0.15, 0.2) is 36.1 Å². The Bertz CT molecular complexity index is 601. The molecular weight excluding hydrogens is 332 g/mol. The van der Waals surface area contributed by atoms with Crippen molar-refractivity contribution in [2.75, 3.05) is 7.11 Å². The maximum Gasteiger partial charge on any atom is 0.509 e. The third-order valence-corrected chi connectivity index (χ3v) is 4.88. The highest BCUT2D eigenvalue weighted by Gasteiger charge is 2.51. The molecule has 1 aromatic rings. The minimum absolute atomic E-state index is 0.534. The van der Waals surface area contributed by atoms with Gasteiger partial charge >= 0.3 is 6.16 Å². The van der Waals surface area contributed by atoms with Gasteiger partial charge in [0, 0.05) is 0 Å². The third-order valence-electron chi connectivity index (χ3n) is 4.88. The molecule has 1 atom stereocenters. The van der Waals surface area contributed by atoms with Crippen LogP contribution in [0.1, 0.15) is 59.3 Å². The quantitative estimate of drug-likeness (QED) is 0.307. The summed E-state index contributed by atoms with van der Waals surface area (Å²) in [6.45, 7) is 6.17. The highest BCUT2D eigenvalue weighted by molar-refractivity contribution is 5.64. The average Bonchev–Trinajstić information content (AvgIpc) is 3.01. The molecule has 5 nitrogen and oxygen atoms in total. The van der Waals surface area contributed by atoms with Gasteiger partial charge in [-0.2, -0.15) is 0 Å². The summed E-state index contributed by atoms with van der Waals surface area (Å²) in [5.41, 5.74) is -0.680. The van der Waals surface area contributed by atoms with Crippen LogP contribution in [0.2, 0.25) is 0 Å². The van der Waals surface area contributed by atoms with Gasteiger partial charge in [0.15, 0.2) is 5.60 Å². The number of unbranched alkanes of at least 4 members (excludes halogenated alkanes) is 3. The average molecular weight is 362 g/mol. The molecule has 144 valence electrons. The second kappa shape index (κ2) is 9.51. The summed E-state index contributed by atoms with van der Waals surface area (Å²) >= 11 is 0. The molecule has 0 bridgehead atoms. The number of allylic oxidation sites excluding steroid dienone is 1. The summed E-state index contributed by atoms with van der Waals surface area (Å²) in [5, 5.41) is 0. The predicted molar refractivity (Wildman–Crippen MR) is 101 cm³/mol. The highest BCUT2D eigenvalue weighted by Crippen LogP contribution is 2.38. The zero-order valence-electron chi connectivity index (χ0n) is 16.2. The molecule has 1 heterocycles. The Morgan fingerprint density at radius 3 is 2.35 bits per heavy atom. The van der Waals surface area contributed by atoms with Crippen molar-refractivity contribution in [1.29, 1.82) is 0 Å². The molecule has 1 fully saturated rings. The van der Waals surface area contributed by atoms with Gasteiger partial charge in [0.1, 0.15) is 17.3 Å². The van der Waals surface area contributed by atoms with E-state index in [4.69, 9.17) is 18.9 Å². The van der Waals surface area contributed by atoms with Crippen LogP contribution in [0.3, 0.4) is 0 Å². The van der Waals surface area contributed by atoms with Gasteiger partial charge in [-0.15, -0.1) is 0 Å². The first-order valence-electron chi connectivity index (χ1n) is 9.50. The normalized spacial score (nSPS) is 19.0. The lowest BCUT2D eigenvalue weighted by atomic mass is 9.89. The minimum Gasteiger partial charge on any atom is -0.497 e. The van der Waals surface area contributed by atoms with Crippen LogP contribution in [0.5, 0.6) is 11.5 Å². The lowest BCUT2D eigenvalue weighted by molar-refractivity contribution is 0.0219. The van der Waals surface area contributed by atoms with Crippen LogP contribution in [0, 0.1) is 0 Å². The molecule has 0 aromatic heterocycles. The highest BCUT2D eigenvalue weighted by atomic mass is 16.8. The number of benzene rings is 1. The van der Waals surface area contributed by atoms with E-state index in [0.29, 0.717) is 24.4 Å². The smallest absolute Gasteiger partial charge is 0.497 e. The summed E-state index contributed by atoms with van der Waals surface area (Å²) in [5.74, 6) is 2.08. The van der Waals surface area contributed by atoms with Crippen molar-refractivity contribution < 1.29 is 23.7 Å². The number of ether oxygens (including phenoxy) is 4. The predicted octanol–water partition coefficient (Wildman–Crippen LogP) is 5.63. The molecule has 1 aliphatic rings. The summed E-state index contributed by atoms with van der Waals surface area (Å²) in [6.07, 6.45) is 6.45. The molecule has 5 heteroatoms. The summed E-state index contributed by atoms with van der Waals surface area (Å²) in [7, 11) is 1.63. The Morgan fingerprint density at radius 2 is 1.77 bits per heavy atom. The van der Waals surface area contributed by atoms with Crippen LogP contribution in [-0.4, -0.2) is 25.0 Å². The van der Waals surface area contributed by atoms with Gasteiger partial charge in [-0.05, 0) is 56.0 Å². The Hall–Kier alpha value is -2.17. The van der Waals surface area contributed by atoms with E-state index in [1.807, 2.05) is 44.2 Å². The van der Waals surface area contributed by atoms with Crippen molar-refractivity contribution in [3.63, 3.8) is 0 Å². The fourth-order valence-electron chi connectivity index (χ4n) is 3.15. The van der Waals surface area contributed by atoms with Crippen LogP contribution < -0.4 is 9.47 Å². The number of carbonyl (C=O) groups excluding carboxylic acids is 1. The molecule has 0 radical (unpaired) electrons. The lowest BCUT2D eigenvalue weighted by Gasteiger charge is -2.29. The fourth-order valence-corrected chi connectivity index (χ4v) is 3.15. The van der Waals surface area contributed by atoms with E-state index < -0.39 is 17.9 Å². The van der Waals surface area contributed by atoms with E-state index in [0.717, 1.165) is 31.4 Å². The van der Waals surface area contributed by atoms with Gasteiger partial charge < -0.3 is 18.9 Å². The minimum atomic E-state index is -0.680. The first kappa shape index (κ1) is 20.1. The van der Waals surface area contributed by atoms with Gasteiger partial charge in [-0.3, -0.25) is 0 Å². The maximum absolute atomic E-state index is 11.9. The second-order valence-electron chi connectivity index (χ2n) is 6.50. The fraction of sp³-hybridized carbons (Fsp3) is 0.571. The van der Waals surface area contributed by atoms with E-state index in [2.05, 4.69) is 6.92 Å². The van der Waals surface area contributed by atoms with Gasteiger partial charge in [-0.1, -0.05) is 33.6 Å². The number of hydrogen-bond acceptors (Lipinski definition) is 5. The zero-order valence-corrected chi connectivity index (χ0v) is 16.2. The standard InChI is InChI=1S/C21H30O5/c1-5-8-9-10-11-18(24-17-14-12-16(23-4)13-15-17)19-21(6-2,7-3)26-20(22)25-19/h11-15,19H,5-10H2,1-4H3/b18-11-/t19-/m1/s1. The van der Waals surface area contributed by atoms with Gasteiger partial charge in [0.05, 0.1) is 7.11 Å². The number of carbonyl (C=O) groups is 1. The Labute approximate surface area is 156 Å². The Morgan fingerprint density at radius 1 is 1.12 bits per heavy atom. The molecule has 0 aliphatic carbocycles. The molecule has 0 saturated carbocycles. The molecule has 1 aliphatic heterocycles. The molecule has 0 amide bonds. The van der Waals surface area contributed by atoms with E-state index in [1.54, 1.807) is 7.11 Å². The van der Waals surface area contributed by atoms with E-state index in [1.165, 1.54) is 0 Å². The molecule has 0 spiro atoms. The second-order valence-corrected chi connectivity index (χ2v) is 6.50. The first-order chi connectivity index (χ1) is 12.6. The van der Waals surface area contributed by atoms with Gasteiger partial charge in [-0.25, -0.2) is 4.79 Å². The van der Waals surface area contributed by atoms with Crippen LogP contribution in [0.25, 0.3) is 0 Å². The molecular formula is C21H30O5. The lowest BCUT2D eigenvalue weighted by Crippen LogP contribution is -2.41. The summed E-state index contributed by atoms with van der Waals surface area (Å²) in [4.78, 5) is 11.9. The van der Waals surface area contributed by atoms with Crippen molar-refractivity contribution in [3.8, 4) is 11.5 Å². The number of rotatable bonds is 10. The molecule has 2 rings (SSSR count). The number of cyclic esters (lactones) is 2. The SMILES string of the molecule is CCCCC/C=C(\Oc1ccc(OC)cc1)[C@H]1OC(=O)OC1(CC)CC. The largest absolute Gasteiger partial charge is 0.509 e. The molecule has 1 aromatic carbocycles. The van der Waals surface area contributed by atoms with Crippen molar-refractivity contribution in [2.24, 2.45) is 0 Å². The monoisotopic (exact) mass is 362 g/mol. The third kappa shape index (κ3) is 4.71. The number of methoxy groups -OCH3 is 1.